The molecule has 1 nitrogen and oxygen atoms in total. The van der Waals surface area contributed by atoms with E-state index in [0.29, 0.717) is 0 Å². The minimum absolute atomic E-state index is 0.194. The van der Waals surface area contributed by atoms with Gasteiger partial charge in [-0.25, -0.2) is 0 Å². The average Bonchev–Trinajstić information content (AvgIpc) is 3.00. The van der Waals surface area contributed by atoms with Gasteiger partial charge in [-0.3, -0.25) is 0 Å². The molecule has 1 N–H and O–H groups in total. The number of hydrogen-bond donors (Lipinski definition) is 1. The van der Waals surface area contributed by atoms with E-state index in [9.17, 15) is 5.11 Å². The van der Waals surface area contributed by atoms with Crippen LogP contribution >= 0.6 is 0 Å². The van der Waals surface area contributed by atoms with Crippen LogP contribution in [-0.4, -0.2) is 5.11 Å². The third-order valence-corrected chi connectivity index (χ3v) is 2.82. The van der Waals surface area contributed by atoms with Crippen molar-refractivity contribution in [1.82, 2.24) is 0 Å². The molecule has 0 aromatic heterocycles. The molecule has 1 fully saturated rings. The zero-order valence-corrected chi connectivity index (χ0v) is 8.09. The molecule has 0 aliphatic heterocycles. The van der Waals surface area contributed by atoms with Crippen LogP contribution in [0, 0.1) is 0 Å². The molecule has 1 aromatic carbocycles. The summed E-state index contributed by atoms with van der Waals surface area (Å²) in [6.45, 7) is 2.38. The molecule has 0 bridgehead atoms. The van der Waals surface area contributed by atoms with E-state index in [1.807, 2.05) is 6.07 Å². The molecular formula is C12H16O. The topological polar surface area (TPSA) is 20.2 Å². The van der Waals surface area contributed by atoms with Crippen LogP contribution in [0.15, 0.2) is 18.2 Å². The van der Waals surface area contributed by atoms with Crippen LogP contribution in [0.5, 0.6) is 0 Å². The van der Waals surface area contributed by atoms with E-state index in [1.54, 1.807) is 0 Å². The summed E-state index contributed by atoms with van der Waals surface area (Å²) in [6, 6.07) is 6.29. The first-order valence-electron chi connectivity index (χ1n) is 5.08. The van der Waals surface area contributed by atoms with Crippen molar-refractivity contribution in [3.8, 4) is 0 Å². The fraction of sp³-hybridized carbons (Fsp3) is 0.500. The van der Waals surface area contributed by atoms with E-state index in [1.165, 1.54) is 24.0 Å². The third kappa shape index (κ3) is 1.61. The van der Waals surface area contributed by atoms with Gasteiger partial charge in [0.2, 0.25) is 0 Å². The predicted octanol–water partition coefficient (Wildman–Crippen LogP) is 2.62. The smallest absolute Gasteiger partial charge is 0.0684 e. The maximum absolute atomic E-state index is 9.22. The van der Waals surface area contributed by atoms with Crippen LogP contribution in [0.4, 0.5) is 0 Å². The van der Waals surface area contributed by atoms with Crippen molar-refractivity contribution in [2.75, 3.05) is 0 Å². The highest BCUT2D eigenvalue weighted by atomic mass is 16.3. The summed E-state index contributed by atoms with van der Waals surface area (Å²) < 4.78 is 0. The second kappa shape index (κ2) is 3.51. The van der Waals surface area contributed by atoms with Crippen LogP contribution in [0.25, 0.3) is 0 Å². The third-order valence-electron chi connectivity index (χ3n) is 2.82. The van der Waals surface area contributed by atoms with Crippen molar-refractivity contribution < 1.29 is 5.11 Å². The molecule has 2 rings (SSSR count). The fourth-order valence-electron chi connectivity index (χ4n) is 2.01. The minimum Gasteiger partial charge on any atom is -0.392 e. The molecule has 1 saturated carbocycles. The molecule has 1 heteroatoms. The lowest BCUT2D eigenvalue weighted by Gasteiger charge is -2.11. The number of rotatable bonds is 3. The number of aryl methyl sites for hydroxylation is 1. The first-order chi connectivity index (χ1) is 6.36. The summed E-state index contributed by atoms with van der Waals surface area (Å²) in [5, 5.41) is 9.22. The molecule has 0 amide bonds. The molecule has 0 heterocycles. The fourth-order valence-corrected chi connectivity index (χ4v) is 2.01. The maximum atomic E-state index is 9.22. The standard InChI is InChI=1S/C12H16O/c1-2-9-4-3-5-11(8-13)12(9)10-6-7-10/h3-5,10,13H,2,6-8H2,1H3. The van der Waals surface area contributed by atoms with E-state index in [0.717, 1.165) is 17.9 Å². The number of aliphatic hydroxyl groups is 1. The Balaban J connectivity index is 2.44. The van der Waals surface area contributed by atoms with Crippen LogP contribution in [0.3, 0.4) is 0 Å². The van der Waals surface area contributed by atoms with Gasteiger partial charge in [0.05, 0.1) is 6.61 Å². The molecule has 0 atom stereocenters. The summed E-state index contributed by atoms with van der Waals surface area (Å²) in [6.07, 6.45) is 3.70. The highest BCUT2D eigenvalue weighted by molar-refractivity contribution is 5.40. The van der Waals surface area contributed by atoms with Gasteiger partial charge in [-0.1, -0.05) is 25.1 Å². The molecule has 0 radical (unpaired) electrons. The minimum atomic E-state index is 0.194. The Morgan fingerprint density at radius 3 is 2.54 bits per heavy atom. The first-order valence-corrected chi connectivity index (χ1v) is 5.08. The summed E-state index contributed by atoms with van der Waals surface area (Å²) in [4.78, 5) is 0. The van der Waals surface area contributed by atoms with Crippen LogP contribution in [0.1, 0.15) is 42.4 Å². The van der Waals surface area contributed by atoms with Crippen LogP contribution in [0.2, 0.25) is 0 Å². The van der Waals surface area contributed by atoms with E-state index in [2.05, 4.69) is 19.1 Å². The normalized spacial score (nSPS) is 16.2. The number of aliphatic hydroxyl groups excluding tert-OH is 1. The Labute approximate surface area is 79.4 Å². The Morgan fingerprint density at radius 2 is 2.00 bits per heavy atom. The van der Waals surface area contributed by atoms with Gasteiger partial charge < -0.3 is 5.11 Å². The van der Waals surface area contributed by atoms with Gasteiger partial charge in [0, 0.05) is 0 Å². The Bertz CT molecular complexity index is 278. The zero-order chi connectivity index (χ0) is 9.26. The van der Waals surface area contributed by atoms with E-state index in [-0.39, 0.29) is 6.61 Å². The van der Waals surface area contributed by atoms with E-state index < -0.39 is 0 Å². The highest BCUT2D eigenvalue weighted by Gasteiger charge is 2.27. The van der Waals surface area contributed by atoms with E-state index >= 15 is 0 Å². The molecule has 13 heavy (non-hydrogen) atoms. The summed E-state index contributed by atoms with van der Waals surface area (Å²) in [7, 11) is 0. The quantitative estimate of drug-likeness (QED) is 0.750. The lowest BCUT2D eigenvalue weighted by molar-refractivity contribution is 0.280. The molecule has 1 aromatic rings. The number of benzene rings is 1. The van der Waals surface area contributed by atoms with Crippen molar-refractivity contribution in [3.63, 3.8) is 0 Å². The largest absolute Gasteiger partial charge is 0.392 e. The molecule has 0 saturated heterocycles. The Hall–Kier alpha value is -0.820. The predicted molar refractivity (Wildman–Crippen MR) is 53.7 cm³/mol. The molecule has 0 unspecified atom stereocenters. The van der Waals surface area contributed by atoms with Gasteiger partial charge in [0.25, 0.3) is 0 Å². The average molecular weight is 176 g/mol. The van der Waals surface area contributed by atoms with Crippen LogP contribution < -0.4 is 0 Å². The monoisotopic (exact) mass is 176 g/mol. The molecule has 1 aliphatic carbocycles. The SMILES string of the molecule is CCc1cccc(CO)c1C1CC1. The molecule has 0 spiro atoms. The van der Waals surface area contributed by atoms with Crippen molar-refractivity contribution in [2.24, 2.45) is 0 Å². The van der Waals surface area contributed by atoms with Gasteiger partial charge >= 0.3 is 0 Å². The van der Waals surface area contributed by atoms with Crippen molar-refractivity contribution >= 4 is 0 Å². The van der Waals surface area contributed by atoms with Gasteiger partial charge in [0.15, 0.2) is 0 Å². The van der Waals surface area contributed by atoms with Crippen molar-refractivity contribution in [2.45, 2.75) is 38.7 Å². The first kappa shape index (κ1) is 8.76. The summed E-state index contributed by atoms with van der Waals surface area (Å²) in [5.74, 6) is 0.748. The lowest BCUT2D eigenvalue weighted by Crippen LogP contribution is -1.97. The second-order valence-electron chi connectivity index (χ2n) is 3.78. The second-order valence-corrected chi connectivity index (χ2v) is 3.78. The Morgan fingerprint density at radius 1 is 1.31 bits per heavy atom. The van der Waals surface area contributed by atoms with Crippen molar-refractivity contribution in [1.29, 1.82) is 0 Å². The van der Waals surface area contributed by atoms with Gasteiger partial charge in [-0.15, -0.1) is 0 Å². The highest BCUT2D eigenvalue weighted by Crippen LogP contribution is 2.43. The molecule has 1 aliphatic rings. The maximum Gasteiger partial charge on any atom is 0.0684 e. The lowest BCUT2D eigenvalue weighted by atomic mass is 9.96. The van der Waals surface area contributed by atoms with Crippen molar-refractivity contribution in [3.05, 3.63) is 34.9 Å². The number of hydrogen-bond acceptors (Lipinski definition) is 1. The molecule has 70 valence electrons. The molecular weight excluding hydrogens is 160 g/mol. The van der Waals surface area contributed by atoms with Gasteiger partial charge in [-0.05, 0) is 41.9 Å². The summed E-state index contributed by atoms with van der Waals surface area (Å²) >= 11 is 0. The van der Waals surface area contributed by atoms with E-state index in [4.69, 9.17) is 0 Å². The van der Waals surface area contributed by atoms with Gasteiger partial charge in [-0.2, -0.15) is 0 Å². The zero-order valence-electron chi connectivity index (χ0n) is 8.09. The Kier molecular flexibility index (Phi) is 2.36. The van der Waals surface area contributed by atoms with Crippen LogP contribution in [-0.2, 0) is 13.0 Å². The van der Waals surface area contributed by atoms with Gasteiger partial charge in [0.1, 0.15) is 0 Å². The summed E-state index contributed by atoms with van der Waals surface area (Å²) in [5.41, 5.74) is 4.00.